The molecule has 0 unspecified atom stereocenters. The van der Waals surface area contributed by atoms with Crippen molar-refractivity contribution in [2.75, 3.05) is 0 Å². The van der Waals surface area contributed by atoms with Gasteiger partial charge in [0.05, 0.1) is 0 Å². The van der Waals surface area contributed by atoms with E-state index in [9.17, 15) is 43.1 Å². The van der Waals surface area contributed by atoms with Crippen molar-refractivity contribution in [3.8, 4) is 17.2 Å². The van der Waals surface area contributed by atoms with Gasteiger partial charge in [-0.1, -0.05) is 173 Å². The van der Waals surface area contributed by atoms with Crippen LogP contribution in [0.5, 0.6) is 17.2 Å². The molecule has 0 spiro atoms. The third-order valence-electron chi connectivity index (χ3n) is 9.63. The molecule has 0 amide bonds. The summed E-state index contributed by atoms with van der Waals surface area (Å²) in [5.74, 6) is 0.255. The fraction of sp³-hybridized carbons (Fsp3) is 0.600. The van der Waals surface area contributed by atoms with Gasteiger partial charge in [-0.25, -0.2) is 0 Å². The van der Waals surface area contributed by atoms with Crippen LogP contribution in [0.25, 0.3) is 0 Å². The molecular formula is C45H69Nd2O12P3. The quantitative estimate of drug-likeness (QED) is 0.0450. The number of rotatable bonds is 30. The zero-order valence-electron chi connectivity index (χ0n) is 37.1. The van der Waals surface area contributed by atoms with Gasteiger partial charge in [-0.05, 0) is 91.6 Å². The number of hydrogen-bond donors (Lipinski definition) is 0. The van der Waals surface area contributed by atoms with Crippen molar-refractivity contribution in [3.63, 3.8) is 0 Å². The molecule has 0 aliphatic rings. The monoisotopic (exact) mass is 1180 g/mol. The Morgan fingerprint density at radius 3 is 0.677 bits per heavy atom. The van der Waals surface area contributed by atoms with E-state index in [4.69, 9.17) is 0 Å². The Bertz CT molecular complexity index is 1440. The Morgan fingerprint density at radius 2 is 0.500 bits per heavy atom. The van der Waals surface area contributed by atoms with E-state index in [0.717, 1.165) is 55.2 Å². The third-order valence-corrected chi connectivity index (χ3v) is 10.9. The van der Waals surface area contributed by atoms with Crippen LogP contribution in [0, 0.1) is 81.7 Å². The molecule has 17 heteroatoms. The van der Waals surface area contributed by atoms with Crippen LogP contribution >= 0.6 is 23.5 Å². The van der Waals surface area contributed by atoms with Crippen molar-refractivity contribution in [1.29, 1.82) is 0 Å². The van der Waals surface area contributed by atoms with Gasteiger partial charge in [-0.3, -0.25) is 0 Å². The summed E-state index contributed by atoms with van der Waals surface area (Å²) in [5, 5.41) is 0. The van der Waals surface area contributed by atoms with Crippen molar-refractivity contribution in [2.45, 2.75) is 175 Å². The van der Waals surface area contributed by atoms with Crippen LogP contribution in [0.3, 0.4) is 0 Å². The molecule has 0 bridgehead atoms. The summed E-state index contributed by atoms with van der Waals surface area (Å²) < 4.78 is 44.2. The van der Waals surface area contributed by atoms with E-state index in [1.807, 2.05) is 36.4 Å². The Kier molecular flexibility index (Phi) is 40.7. The van der Waals surface area contributed by atoms with Crippen LogP contribution in [-0.4, -0.2) is 0 Å². The van der Waals surface area contributed by atoms with E-state index in [1.54, 1.807) is 0 Å². The number of phosphoric acid groups is 3. The number of unbranched alkanes of at least 4 members (excludes halogenated alkanes) is 18. The molecule has 344 valence electrons. The van der Waals surface area contributed by atoms with Crippen molar-refractivity contribution >= 4 is 23.5 Å². The molecule has 0 aromatic heterocycles. The Balaban J connectivity index is 0. The second kappa shape index (κ2) is 39.2. The van der Waals surface area contributed by atoms with E-state index >= 15 is 0 Å². The van der Waals surface area contributed by atoms with Crippen LogP contribution in [0.2, 0.25) is 0 Å². The molecule has 62 heavy (non-hydrogen) atoms. The number of aryl methyl sites for hydroxylation is 3. The largest absolute Gasteiger partial charge is 3.00 e. The molecule has 3 aromatic rings. The molecule has 0 heterocycles. The van der Waals surface area contributed by atoms with Gasteiger partial charge in [0.1, 0.15) is 40.7 Å². The van der Waals surface area contributed by atoms with Gasteiger partial charge in [-0.2, -0.15) is 0 Å². The van der Waals surface area contributed by atoms with Crippen molar-refractivity contribution in [1.82, 2.24) is 0 Å². The minimum absolute atomic E-state index is 0. The second-order valence-corrected chi connectivity index (χ2v) is 18.4. The van der Waals surface area contributed by atoms with Gasteiger partial charge in [0.15, 0.2) is 0 Å². The zero-order chi connectivity index (χ0) is 44.5. The Labute approximate surface area is 438 Å². The van der Waals surface area contributed by atoms with Gasteiger partial charge in [-0.15, -0.1) is 0 Å². The summed E-state index contributed by atoms with van der Waals surface area (Å²) in [7, 11) is -14.8. The predicted molar refractivity (Wildman–Crippen MR) is 229 cm³/mol. The Hall–Kier alpha value is 0.211. The van der Waals surface area contributed by atoms with E-state index in [1.165, 1.54) is 152 Å². The molecule has 0 saturated carbocycles. The molecule has 0 N–H and O–H groups in total. The molecular weight excluding hydrogens is 1110 g/mol. The molecule has 0 fully saturated rings. The van der Waals surface area contributed by atoms with Gasteiger partial charge < -0.3 is 56.6 Å². The average Bonchev–Trinajstić information content (AvgIpc) is 3.17. The minimum atomic E-state index is -4.94. The fourth-order valence-corrected chi connectivity index (χ4v) is 7.54. The summed E-state index contributed by atoms with van der Waals surface area (Å²) in [4.78, 5) is 62.7. The maximum atomic E-state index is 10.5. The first-order valence-electron chi connectivity index (χ1n) is 21.9. The number of hydrogen-bond acceptors (Lipinski definition) is 12. The molecule has 3 rings (SSSR count). The van der Waals surface area contributed by atoms with E-state index in [2.05, 4.69) is 34.3 Å². The van der Waals surface area contributed by atoms with Gasteiger partial charge >= 0.3 is 81.7 Å². The van der Waals surface area contributed by atoms with Crippen molar-refractivity contribution in [2.24, 2.45) is 0 Å². The second-order valence-electron chi connectivity index (χ2n) is 15.2. The first-order chi connectivity index (χ1) is 28.5. The molecule has 0 aliphatic heterocycles. The maximum absolute atomic E-state index is 10.5. The van der Waals surface area contributed by atoms with Crippen LogP contribution in [-0.2, 0) is 33.0 Å². The topological polar surface area (TPSA) is 217 Å². The average molecular weight is 1180 g/mol. The predicted octanol–water partition coefficient (Wildman–Crippen LogP) is 9.56. The first-order valence-corrected chi connectivity index (χ1v) is 26.3. The van der Waals surface area contributed by atoms with Crippen molar-refractivity contribution in [3.05, 3.63) is 89.5 Å². The zero-order valence-corrected chi connectivity index (χ0v) is 46.2. The van der Waals surface area contributed by atoms with E-state index in [0.29, 0.717) is 0 Å². The van der Waals surface area contributed by atoms with Crippen molar-refractivity contribution < 1.29 is 138 Å². The van der Waals surface area contributed by atoms with Crippen LogP contribution in [0.1, 0.15) is 172 Å². The Morgan fingerprint density at radius 1 is 0.323 bits per heavy atom. The first kappa shape index (κ1) is 64.3. The molecule has 12 nitrogen and oxygen atoms in total. The normalized spacial score (nSPS) is 11.2. The molecule has 0 aliphatic carbocycles. The summed E-state index contributed by atoms with van der Waals surface area (Å²) >= 11 is 0. The van der Waals surface area contributed by atoms with Crippen LogP contribution in [0.4, 0.5) is 0 Å². The fourth-order valence-electron chi connectivity index (χ4n) is 6.40. The van der Waals surface area contributed by atoms with E-state index in [-0.39, 0.29) is 98.9 Å². The smallest absolute Gasteiger partial charge is 0.780 e. The molecule has 2 radical (unpaired) electrons. The molecule has 0 saturated heterocycles. The molecule has 3 aromatic carbocycles. The summed E-state index contributed by atoms with van der Waals surface area (Å²) in [6, 6.07) is 20.0. The third kappa shape index (κ3) is 40.5. The summed E-state index contributed by atoms with van der Waals surface area (Å²) in [6.45, 7) is 6.64. The minimum Gasteiger partial charge on any atom is -0.780 e. The number of benzene rings is 3. The maximum Gasteiger partial charge on any atom is 3.00 e. The van der Waals surface area contributed by atoms with Crippen LogP contribution in [0.15, 0.2) is 72.8 Å². The van der Waals surface area contributed by atoms with Crippen LogP contribution < -0.4 is 42.9 Å². The SMILES string of the molecule is CCCCCCCCCc1ccc(OP(=O)([O-])[O-])cc1.CCCCCCCCCc1ccc(OP(=O)([O-])[O-])cc1.CCCCCCCCCc1ccc(OP(=O)([O-])[O-])cc1.[Nd+3].[Nd+3]. The van der Waals surface area contributed by atoms with E-state index < -0.39 is 23.5 Å². The summed E-state index contributed by atoms with van der Waals surface area (Å²) in [6.07, 6.45) is 29.5. The molecule has 0 atom stereocenters. The van der Waals surface area contributed by atoms with Gasteiger partial charge in [0, 0.05) is 0 Å². The van der Waals surface area contributed by atoms with Gasteiger partial charge in [0.2, 0.25) is 0 Å². The standard InChI is InChI=1S/3C15H25O4P.2Nd/c3*1-2-3-4-5-6-7-8-9-14-10-12-15(13-11-14)19-20(16,17)18;;/h3*10-13H,2-9H2,1H3,(H2,16,17,18);;/q;;;2*+3/p-6. The number of phosphoric ester groups is 3. The van der Waals surface area contributed by atoms with Gasteiger partial charge in [0.25, 0.3) is 0 Å². The summed E-state index contributed by atoms with van der Waals surface area (Å²) in [5.41, 5.74) is 3.41.